The zero-order chi connectivity index (χ0) is 14.3. The Bertz CT molecular complexity index is 167. The summed E-state index contributed by atoms with van der Waals surface area (Å²) in [5.74, 6) is 0.497. The largest absolute Gasteiger partial charge is 0.393 e. The summed E-state index contributed by atoms with van der Waals surface area (Å²) < 4.78 is 0. The molecule has 1 heteroatoms. The normalized spacial score (nSPS) is 14.5. The van der Waals surface area contributed by atoms with Crippen molar-refractivity contribution < 1.29 is 5.11 Å². The van der Waals surface area contributed by atoms with Crippen LogP contribution in [0, 0.1) is 5.92 Å². The Labute approximate surface area is 122 Å². The van der Waals surface area contributed by atoms with Gasteiger partial charge in [0.1, 0.15) is 0 Å². The molecule has 0 aromatic carbocycles. The van der Waals surface area contributed by atoms with Crippen molar-refractivity contribution in [2.24, 2.45) is 5.92 Å². The third kappa shape index (κ3) is 12.7. The molecule has 0 amide bonds. The summed E-state index contributed by atoms with van der Waals surface area (Å²) in [7, 11) is 0. The van der Waals surface area contributed by atoms with Crippen LogP contribution < -0.4 is 0 Å². The quantitative estimate of drug-likeness (QED) is 0.378. The first kappa shape index (κ1) is 19.0. The van der Waals surface area contributed by atoms with Crippen LogP contribution in [0.4, 0.5) is 0 Å². The molecule has 2 atom stereocenters. The van der Waals surface area contributed by atoms with Crippen molar-refractivity contribution in [3.05, 3.63) is 0 Å². The lowest BCUT2D eigenvalue weighted by Crippen LogP contribution is -2.17. The molecule has 0 aromatic heterocycles. The van der Waals surface area contributed by atoms with E-state index in [9.17, 15) is 5.11 Å². The van der Waals surface area contributed by atoms with E-state index in [2.05, 4.69) is 20.8 Å². The fourth-order valence-corrected chi connectivity index (χ4v) is 2.68. The molecular formula is C18H38O. The number of hydrogen-bond acceptors (Lipinski definition) is 1. The van der Waals surface area contributed by atoms with E-state index in [-0.39, 0.29) is 6.10 Å². The molecule has 2 unspecified atom stereocenters. The van der Waals surface area contributed by atoms with Gasteiger partial charge in [-0.3, -0.25) is 0 Å². The molecule has 0 aliphatic carbocycles. The monoisotopic (exact) mass is 270 g/mol. The van der Waals surface area contributed by atoms with Crippen LogP contribution in [-0.2, 0) is 0 Å². The second kappa shape index (κ2) is 14.4. The molecule has 0 aromatic rings. The Morgan fingerprint density at radius 2 is 1.05 bits per heavy atom. The SMILES string of the molecule is CCCCCCCCC(O)C(C)CCCCCCC. The van der Waals surface area contributed by atoms with Crippen molar-refractivity contribution in [3.63, 3.8) is 0 Å². The van der Waals surface area contributed by atoms with E-state index in [4.69, 9.17) is 0 Å². The summed E-state index contributed by atoms with van der Waals surface area (Å²) in [6.07, 6.45) is 16.8. The molecule has 0 aliphatic heterocycles. The Morgan fingerprint density at radius 3 is 1.58 bits per heavy atom. The fourth-order valence-electron chi connectivity index (χ4n) is 2.68. The van der Waals surface area contributed by atoms with Crippen molar-refractivity contribution >= 4 is 0 Å². The molecule has 1 nitrogen and oxygen atoms in total. The van der Waals surface area contributed by atoms with Crippen molar-refractivity contribution in [1.82, 2.24) is 0 Å². The first-order chi connectivity index (χ1) is 9.22. The van der Waals surface area contributed by atoms with Gasteiger partial charge in [-0.25, -0.2) is 0 Å². The average Bonchev–Trinajstić information content (AvgIpc) is 2.42. The van der Waals surface area contributed by atoms with E-state index in [1.165, 1.54) is 77.0 Å². The van der Waals surface area contributed by atoms with Gasteiger partial charge in [-0.05, 0) is 18.8 Å². The lowest BCUT2D eigenvalue weighted by molar-refractivity contribution is 0.0985. The highest BCUT2D eigenvalue weighted by Gasteiger charge is 2.13. The summed E-state index contributed by atoms with van der Waals surface area (Å²) >= 11 is 0. The third-order valence-corrected chi connectivity index (χ3v) is 4.27. The molecule has 0 spiro atoms. The van der Waals surface area contributed by atoms with Crippen LogP contribution in [-0.4, -0.2) is 11.2 Å². The molecule has 0 saturated heterocycles. The van der Waals surface area contributed by atoms with Crippen molar-refractivity contribution in [2.75, 3.05) is 0 Å². The molecule has 0 fully saturated rings. The maximum atomic E-state index is 10.1. The van der Waals surface area contributed by atoms with Crippen molar-refractivity contribution in [2.45, 2.75) is 110 Å². The molecule has 116 valence electrons. The lowest BCUT2D eigenvalue weighted by Gasteiger charge is -2.18. The smallest absolute Gasteiger partial charge is 0.0565 e. The minimum atomic E-state index is -0.0580. The number of aliphatic hydroxyl groups excluding tert-OH is 1. The topological polar surface area (TPSA) is 20.2 Å². The standard InChI is InChI=1S/C18H38O/c1-4-6-8-10-12-14-16-18(19)17(3)15-13-11-9-7-5-2/h17-19H,4-16H2,1-3H3. The van der Waals surface area contributed by atoms with E-state index in [0.29, 0.717) is 5.92 Å². The average molecular weight is 271 g/mol. The fraction of sp³-hybridized carbons (Fsp3) is 1.00. The van der Waals surface area contributed by atoms with E-state index in [0.717, 1.165) is 6.42 Å². The third-order valence-electron chi connectivity index (χ3n) is 4.27. The summed E-state index contributed by atoms with van der Waals surface area (Å²) in [5, 5.41) is 10.1. The molecule has 1 N–H and O–H groups in total. The molecule has 0 saturated carbocycles. The second-order valence-electron chi connectivity index (χ2n) is 6.30. The van der Waals surface area contributed by atoms with E-state index < -0.39 is 0 Å². The zero-order valence-electron chi connectivity index (χ0n) is 13.8. The molecule has 0 aliphatic rings. The molecule has 0 bridgehead atoms. The minimum absolute atomic E-state index is 0.0580. The molecule has 0 heterocycles. The van der Waals surface area contributed by atoms with Gasteiger partial charge < -0.3 is 5.11 Å². The highest BCUT2D eigenvalue weighted by atomic mass is 16.3. The van der Waals surface area contributed by atoms with E-state index in [1.807, 2.05) is 0 Å². The Morgan fingerprint density at radius 1 is 0.632 bits per heavy atom. The summed E-state index contributed by atoms with van der Waals surface area (Å²) in [6, 6.07) is 0. The number of rotatable bonds is 14. The predicted octanol–water partition coefficient (Wildman–Crippen LogP) is 6.09. The Hall–Kier alpha value is -0.0400. The Kier molecular flexibility index (Phi) is 14.3. The van der Waals surface area contributed by atoms with Crippen molar-refractivity contribution in [1.29, 1.82) is 0 Å². The number of unbranched alkanes of at least 4 members (excludes halogenated alkanes) is 9. The van der Waals surface area contributed by atoms with Crippen LogP contribution >= 0.6 is 0 Å². The number of hydrogen-bond donors (Lipinski definition) is 1. The molecule has 0 radical (unpaired) electrons. The predicted molar refractivity (Wildman–Crippen MR) is 86.5 cm³/mol. The van der Waals surface area contributed by atoms with Gasteiger partial charge in [-0.15, -0.1) is 0 Å². The first-order valence-corrected chi connectivity index (χ1v) is 8.90. The lowest BCUT2D eigenvalue weighted by atomic mass is 9.93. The molecule has 0 rings (SSSR count). The van der Waals surface area contributed by atoms with Crippen LogP contribution in [0.1, 0.15) is 104 Å². The van der Waals surface area contributed by atoms with Gasteiger partial charge in [-0.1, -0.05) is 91.4 Å². The maximum absolute atomic E-state index is 10.1. The van der Waals surface area contributed by atoms with Gasteiger partial charge in [0.15, 0.2) is 0 Å². The van der Waals surface area contributed by atoms with Gasteiger partial charge in [-0.2, -0.15) is 0 Å². The number of aliphatic hydroxyl groups is 1. The summed E-state index contributed by atoms with van der Waals surface area (Å²) in [4.78, 5) is 0. The van der Waals surface area contributed by atoms with Gasteiger partial charge in [0.25, 0.3) is 0 Å². The van der Waals surface area contributed by atoms with Gasteiger partial charge >= 0.3 is 0 Å². The van der Waals surface area contributed by atoms with Crippen molar-refractivity contribution in [3.8, 4) is 0 Å². The zero-order valence-corrected chi connectivity index (χ0v) is 13.8. The van der Waals surface area contributed by atoms with Gasteiger partial charge in [0, 0.05) is 0 Å². The summed E-state index contributed by atoms with van der Waals surface area (Å²) in [6.45, 7) is 6.74. The van der Waals surface area contributed by atoms with Crippen LogP contribution in [0.25, 0.3) is 0 Å². The van der Waals surface area contributed by atoms with Gasteiger partial charge in [0.05, 0.1) is 6.10 Å². The van der Waals surface area contributed by atoms with Crippen LogP contribution in [0.15, 0.2) is 0 Å². The molecular weight excluding hydrogens is 232 g/mol. The van der Waals surface area contributed by atoms with Crippen LogP contribution in [0.2, 0.25) is 0 Å². The molecule has 19 heavy (non-hydrogen) atoms. The van der Waals surface area contributed by atoms with E-state index in [1.54, 1.807) is 0 Å². The first-order valence-electron chi connectivity index (χ1n) is 8.90. The minimum Gasteiger partial charge on any atom is -0.393 e. The Balaban J connectivity index is 3.35. The summed E-state index contributed by atoms with van der Waals surface area (Å²) in [5.41, 5.74) is 0. The highest BCUT2D eigenvalue weighted by Crippen LogP contribution is 2.19. The van der Waals surface area contributed by atoms with Crippen LogP contribution in [0.5, 0.6) is 0 Å². The van der Waals surface area contributed by atoms with E-state index >= 15 is 0 Å². The second-order valence-corrected chi connectivity index (χ2v) is 6.30. The van der Waals surface area contributed by atoms with Crippen LogP contribution in [0.3, 0.4) is 0 Å². The van der Waals surface area contributed by atoms with Gasteiger partial charge in [0.2, 0.25) is 0 Å². The highest BCUT2D eigenvalue weighted by molar-refractivity contribution is 4.65. The maximum Gasteiger partial charge on any atom is 0.0565 e.